The zero-order valence-electron chi connectivity index (χ0n) is 16.4. The Morgan fingerprint density at radius 1 is 1.32 bits per heavy atom. The third kappa shape index (κ3) is 4.97. The van der Waals surface area contributed by atoms with Gasteiger partial charge in [-0.2, -0.15) is 0 Å². The molecule has 3 atom stereocenters. The molecule has 28 heavy (non-hydrogen) atoms. The number of amides is 1. The van der Waals surface area contributed by atoms with E-state index >= 15 is 0 Å². The first kappa shape index (κ1) is 20.9. The summed E-state index contributed by atoms with van der Waals surface area (Å²) in [5.74, 6) is 2.30. The molecule has 0 spiro atoms. The summed E-state index contributed by atoms with van der Waals surface area (Å²) in [7, 11) is 0. The summed E-state index contributed by atoms with van der Waals surface area (Å²) >= 11 is 7.39. The molecular formula is C21H27ClN4OS. The average molecular weight is 419 g/mol. The van der Waals surface area contributed by atoms with Crippen LogP contribution in [0.1, 0.15) is 33.1 Å². The zero-order chi connectivity index (χ0) is 20.1. The number of allylic oxidation sites excluding steroid dienone is 1. The van der Waals surface area contributed by atoms with Gasteiger partial charge in [0.15, 0.2) is 11.0 Å². The van der Waals surface area contributed by atoms with Gasteiger partial charge in [0.25, 0.3) is 0 Å². The number of halogens is 1. The van der Waals surface area contributed by atoms with Gasteiger partial charge in [0.1, 0.15) is 0 Å². The first-order valence-corrected chi connectivity index (χ1v) is 11.1. The number of carbonyl (C=O) groups is 1. The lowest BCUT2D eigenvalue weighted by Gasteiger charge is -2.34. The van der Waals surface area contributed by atoms with E-state index in [9.17, 15) is 4.79 Å². The van der Waals surface area contributed by atoms with Gasteiger partial charge in [-0.05, 0) is 42.5 Å². The second-order valence-corrected chi connectivity index (χ2v) is 8.82. The van der Waals surface area contributed by atoms with Crippen LogP contribution in [0.2, 0.25) is 5.02 Å². The van der Waals surface area contributed by atoms with Crippen LogP contribution < -0.4 is 5.32 Å². The quantitative estimate of drug-likeness (QED) is 0.517. The van der Waals surface area contributed by atoms with Gasteiger partial charge >= 0.3 is 0 Å². The van der Waals surface area contributed by atoms with Crippen LogP contribution in [0.15, 0.2) is 42.1 Å². The van der Waals surface area contributed by atoms with E-state index in [1.807, 2.05) is 28.8 Å². The molecule has 1 amide bonds. The highest BCUT2D eigenvalue weighted by molar-refractivity contribution is 7.99. The molecular weight excluding hydrogens is 392 g/mol. The van der Waals surface area contributed by atoms with Crippen molar-refractivity contribution >= 4 is 29.3 Å². The van der Waals surface area contributed by atoms with Crippen LogP contribution in [0.25, 0.3) is 11.4 Å². The highest BCUT2D eigenvalue weighted by Crippen LogP contribution is 2.30. The fraction of sp³-hybridized carbons (Fsp3) is 0.476. The first-order valence-electron chi connectivity index (χ1n) is 9.71. The Morgan fingerprint density at radius 2 is 2.07 bits per heavy atom. The van der Waals surface area contributed by atoms with Crippen molar-refractivity contribution < 1.29 is 4.79 Å². The van der Waals surface area contributed by atoms with Crippen LogP contribution in [-0.2, 0) is 11.3 Å². The van der Waals surface area contributed by atoms with Gasteiger partial charge in [-0.15, -0.1) is 16.8 Å². The third-order valence-electron chi connectivity index (χ3n) is 5.52. The standard InChI is InChI=1S/C21H27ClN4OS/c1-4-12-26-20(16-8-10-17(22)11-9-16)24-25-21(26)28-13-19(27)23-18-7-5-6-14(2)15(18)3/h4,8-11,14-15,18H,1,5-7,12-13H2,2-3H3,(H,23,27)/t14-,15-,18-/m1/s1. The van der Waals surface area contributed by atoms with E-state index < -0.39 is 0 Å². The molecule has 1 aromatic carbocycles. The van der Waals surface area contributed by atoms with E-state index in [0.29, 0.717) is 34.3 Å². The number of aromatic nitrogens is 3. The number of hydrogen-bond acceptors (Lipinski definition) is 4. The summed E-state index contributed by atoms with van der Waals surface area (Å²) < 4.78 is 1.97. The van der Waals surface area contributed by atoms with Crippen LogP contribution in [0.4, 0.5) is 0 Å². The smallest absolute Gasteiger partial charge is 0.230 e. The highest BCUT2D eigenvalue weighted by atomic mass is 35.5. The minimum Gasteiger partial charge on any atom is -0.352 e. The SMILES string of the molecule is C=CCn1c(SCC(=O)N[C@@H]2CCC[C@@H](C)[C@H]2C)nnc1-c1ccc(Cl)cc1. The number of nitrogens with one attached hydrogen (secondary N) is 1. The molecule has 1 N–H and O–H groups in total. The number of hydrogen-bond donors (Lipinski definition) is 1. The van der Waals surface area contributed by atoms with Gasteiger partial charge in [-0.1, -0.05) is 56.1 Å². The van der Waals surface area contributed by atoms with Gasteiger partial charge in [-0.25, -0.2) is 0 Å². The predicted octanol–water partition coefficient (Wildman–Crippen LogP) is 4.82. The Bertz CT molecular complexity index is 820. The second-order valence-electron chi connectivity index (χ2n) is 7.44. The number of nitrogens with zero attached hydrogens (tertiary/aromatic N) is 3. The Balaban J connectivity index is 1.66. The molecule has 150 valence electrons. The molecule has 1 aliphatic carbocycles. The van der Waals surface area contributed by atoms with Crippen molar-refractivity contribution in [3.05, 3.63) is 41.9 Å². The lowest BCUT2D eigenvalue weighted by molar-refractivity contribution is -0.120. The Morgan fingerprint density at radius 3 is 2.79 bits per heavy atom. The first-order chi connectivity index (χ1) is 13.5. The number of carbonyl (C=O) groups excluding carboxylic acids is 1. The minimum atomic E-state index is 0.0529. The molecule has 0 radical (unpaired) electrons. The van der Waals surface area contributed by atoms with Crippen molar-refractivity contribution in [1.29, 1.82) is 0 Å². The van der Waals surface area contributed by atoms with Gasteiger partial charge in [0, 0.05) is 23.2 Å². The normalized spacial score (nSPS) is 22.0. The number of rotatable bonds is 7. The predicted molar refractivity (Wildman–Crippen MR) is 115 cm³/mol. The van der Waals surface area contributed by atoms with Crippen molar-refractivity contribution in [3.8, 4) is 11.4 Å². The molecule has 3 rings (SSSR count). The molecule has 0 unspecified atom stereocenters. The number of benzene rings is 1. The third-order valence-corrected chi connectivity index (χ3v) is 6.74. The Labute approximate surface area is 176 Å². The molecule has 1 saturated carbocycles. The average Bonchev–Trinajstić information content (AvgIpc) is 3.07. The van der Waals surface area contributed by atoms with Crippen LogP contribution in [0.3, 0.4) is 0 Å². The minimum absolute atomic E-state index is 0.0529. The molecule has 0 bridgehead atoms. The van der Waals surface area contributed by atoms with Crippen molar-refractivity contribution in [3.63, 3.8) is 0 Å². The molecule has 7 heteroatoms. The Hall–Kier alpha value is -1.79. The summed E-state index contributed by atoms with van der Waals surface area (Å²) in [4.78, 5) is 12.5. The van der Waals surface area contributed by atoms with Crippen molar-refractivity contribution in [1.82, 2.24) is 20.1 Å². The monoisotopic (exact) mass is 418 g/mol. The summed E-state index contributed by atoms with van der Waals surface area (Å²) in [6.45, 7) is 8.91. The van der Waals surface area contributed by atoms with Crippen LogP contribution in [0.5, 0.6) is 0 Å². The maximum absolute atomic E-state index is 12.5. The lowest BCUT2D eigenvalue weighted by Crippen LogP contribution is -2.44. The second kappa shape index (κ2) is 9.61. The van der Waals surface area contributed by atoms with Crippen LogP contribution >= 0.6 is 23.4 Å². The molecule has 1 aromatic heterocycles. The van der Waals surface area contributed by atoms with Gasteiger partial charge in [0.2, 0.25) is 5.91 Å². The van der Waals surface area contributed by atoms with Crippen molar-refractivity contribution in [2.75, 3.05) is 5.75 Å². The van der Waals surface area contributed by atoms with Crippen LogP contribution in [0, 0.1) is 11.8 Å². The van der Waals surface area contributed by atoms with Gasteiger partial charge in [-0.3, -0.25) is 9.36 Å². The topological polar surface area (TPSA) is 59.8 Å². The molecule has 1 aliphatic rings. The molecule has 0 saturated heterocycles. The van der Waals surface area contributed by atoms with Gasteiger partial charge < -0.3 is 5.32 Å². The van der Waals surface area contributed by atoms with E-state index in [1.54, 1.807) is 6.08 Å². The molecule has 0 aliphatic heterocycles. The number of thioether (sulfide) groups is 1. The summed E-state index contributed by atoms with van der Waals surface area (Å²) in [5.41, 5.74) is 0.931. The highest BCUT2D eigenvalue weighted by Gasteiger charge is 2.28. The maximum Gasteiger partial charge on any atom is 0.230 e. The maximum atomic E-state index is 12.5. The summed E-state index contributed by atoms with van der Waals surface area (Å²) in [6, 6.07) is 7.76. The summed E-state index contributed by atoms with van der Waals surface area (Å²) in [6.07, 6.45) is 5.30. The summed E-state index contributed by atoms with van der Waals surface area (Å²) in [5, 5.41) is 13.2. The van der Waals surface area contributed by atoms with Gasteiger partial charge in [0.05, 0.1) is 5.75 Å². The fourth-order valence-electron chi connectivity index (χ4n) is 3.67. The molecule has 5 nitrogen and oxygen atoms in total. The van der Waals surface area contributed by atoms with Crippen molar-refractivity contribution in [2.45, 2.75) is 50.9 Å². The molecule has 2 aromatic rings. The van der Waals surface area contributed by atoms with E-state index in [0.717, 1.165) is 17.8 Å². The Kier molecular flexibility index (Phi) is 7.18. The largest absolute Gasteiger partial charge is 0.352 e. The van der Waals surface area contributed by atoms with E-state index in [2.05, 4.69) is 35.9 Å². The van der Waals surface area contributed by atoms with E-state index in [-0.39, 0.29) is 11.9 Å². The lowest BCUT2D eigenvalue weighted by atomic mass is 9.78. The van der Waals surface area contributed by atoms with Crippen LogP contribution in [-0.4, -0.2) is 32.5 Å². The zero-order valence-corrected chi connectivity index (χ0v) is 18.0. The van der Waals surface area contributed by atoms with E-state index in [4.69, 9.17) is 11.6 Å². The van der Waals surface area contributed by atoms with Crippen molar-refractivity contribution in [2.24, 2.45) is 11.8 Å². The molecule has 1 heterocycles. The van der Waals surface area contributed by atoms with E-state index in [1.165, 1.54) is 24.6 Å². The molecule has 1 fully saturated rings. The fourth-order valence-corrected chi connectivity index (χ4v) is 4.55.